The largest absolute Gasteiger partial charge is 0.208 e. The number of hydrogen-bond acceptors (Lipinski definition) is 6. The van der Waals surface area contributed by atoms with Gasteiger partial charge in [-0.05, 0) is 79.5 Å². The van der Waals surface area contributed by atoms with E-state index in [0.717, 1.165) is 38.8 Å². The van der Waals surface area contributed by atoms with Crippen LogP contribution < -0.4 is 0 Å². The summed E-state index contributed by atoms with van der Waals surface area (Å²) in [5.74, 6) is 3.94. The van der Waals surface area contributed by atoms with E-state index < -0.39 is 0 Å². The average Bonchev–Trinajstić information content (AvgIpc) is 3.72. The van der Waals surface area contributed by atoms with Crippen molar-refractivity contribution in [3.05, 3.63) is 204 Å². The molecule has 0 spiro atoms. The van der Waals surface area contributed by atoms with Gasteiger partial charge in [0.15, 0.2) is 34.9 Å². The van der Waals surface area contributed by atoms with Crippen molar-refractivity contribution in [1.29, 1.82) is 0 Å². The second-order valence-corrected chi connectivity index (χ2v) is 17.9. The molecule has 12 rings (SSSR count). The predicted octanol–water partition coefficient (Wildman–Crippen LogP) is 13.8. The maximum atomic E-state index is 5.20. The Bertz CT molecular complexity index is 3360. The van der Waals surface area contributed by atoms with E-state index in [-0.39, 0.29) is 10.8 Å². The molecule has 0 amide bonds. The first-order valence-corrected chi connectivity index (χ1v) is 21.9. The maximum absolute atomic E-state index is 5.20. The van der Waals surface area contributed by atoms with E-state index in [4.69, 9.17) is 29.9 Å². The smallest absolute Gasteiger partial charge is 0.164 e. The summed E-state index contributed by atoms with van der Waals surface area (Å²) in [6.45, 7) is 9.42. The van der Waals surface area contributed by atoms with Crippen LogP contribution in [0.25, 0.3) is 101 Å². The zero-order valence-corrected chi connectivity index (χ0v) is 36.0. The number of nitrogens with zero attached hydrogens (tertiary/aromatic N) is 6. The van der Waals surface area contributed by atoms with Crippen LogP contribution >= 0.6 is 0 Å². The second-order valence-electron chi connectivity index (χ2n) is 17.9. The third kappa shape index (κ3) is 5.94. The van der Waals surface area contributed by atoms with Crippen molar-refractivity contribution in [2.24, 2.45) is 0 Å². The minimum absolute atomic E-state index is 0.289. The molecule has 0 unspecified atom stereocenters. The molecule has 0 bridgehead atoms. The van der Waals surface area contributed by atoms with Crippen LogP contribution in [0, 0.1) is 0 Å². The lowest BCUT2D eigenvalue weighted by atomic mass is 9.79. The molecule has 0 fully saturated rings. The van der Waals surface area contributed by atoms with E-state index in [9.17, 15) is 0 Å². The van der Waals surface area contributed by atoms with Crippen LogP contribution in [0.2, 0.25) is 0 Å². The van der Waals surface area contributed by atoms with Crippen molar-refractivity contribution in [3.8, 4) is 90.6 Å². The Kier molecular flexibility index (Phi) is 8.44. The van der Waals surface area contributed by atoms with Crippen molar-refractivity contribution in [2.45, 2.75) is 38.5 Å². The Morgan fingerprint density at radius 1 is 0.266 bits per heavy atom. The molecule has 8 aromatic carbocycles. The summed E-state index contributed by atoms with van der Waals surface area (Å²) in [6.07, 6.45) is 0. The fourth-order valence-electron chi connectivity index (χ4n) is 10.00. The lowest BCUT2D eigenvalue weighted by Gasteiger charge is -2.24. The van der Waals surface area contributed by atoms with Gasteiger partial charge in [-0.25, -0.2) is 29.9 Å². The second kappa shape index (κ2) is 14.3. The average molecular weight is 823 g/mol. The summed E-state index contributed by atoms with van der Waals surface area (Å²) in [5, 5.41) is 2.31. The molecular weight excluding hydrogens is 781 g/mol. The van der Waals surface area contributed by atoms with Gasteiger partial charge >= 0.3 is 0 Å². The normalized spacial score (nSPS) is 13.9. The summed E-state index contributed by atoms with van der Waals surface area (Å²) in [6, 6.07) is 63.5. The first-order chi connectivity index (χ1) is 31.2. The lowest BCUT2D eigenvalue weighted by molar-refractivity contribution is 0.652. The lowest BCUT2D eigenvalue weighted by Crippen LogP contribution is -2.17. The third-order valence-corrected chi connectivity index (χ3v) is 13.4. The van der Waals surface area contributed by atoms with Crippen molar-refractivity contribution in [2.75, 3.05) is 0 Å². The summed E-state index contributed by atoms with van der Waals surface area (Å²) in [5.41, 5.74) is 15.4. The van der Waals surface area contributed by atoms with E-state index >= 15 is 0 Å². The Balaban J connectivity index is 0.998. The molecule has 0 radical (unpaired) electrons. The summed E-state index contributed by atoms with van der Waals surface area (Å²) >= 11 is 0. The van der Waals surface area contributed by atoms with Crippen LogP contribution in [-0.2, 0) is 10.8 Å². The highest BCUT2D eigenvalue weighted by molar-refractivity contribution is 6.09. The molecule has 10 aromatic rings. The van der Waals surface area contributed by atoms with Gasteiger partial charge in [-0.2, -0.15) is 0 Å². The van der Waals surface area contributed by atoms with Crippen LogP contribution in [0.15, 0.2) is 182 Å². The summed E-state index contributed by atoms with van der Waals surface area (Å²) < 4.78 is 0. The van der Waals surface area contributed by atoms with Crippen molar-refractivity contribution >= 4 is 10.8 Å². The van der Waals surface area contributed by atoms with Gasteiger partial charge in [0.25, 0.3) is 0 Å². The van der Waals surface area contributed by atoms with E-state index in [1.54, 1.807) is 0 Å². The SMILES string of the molecule is CC1(C)c2cc(-c3nc(-c4ccccc4)nc(-c4ccccc4)n3)ccc2-c2cc3c(cc21)-c1c(cc(-c2nc(-c4ccccc4)nc(-c4ccccc4)n2)c2ccccc12)C3(C)C. The van der Waals surface area contributed by atoms with E-state index in [0.29, 0.717) is 34.9 Å². The van der Waals surface area contributed by atoms with E-state index in [1.807, 2.05) is 72.8 Å². The first-order valence-electron chi connectivity index (χ1n) is 21.9. The van der Waals surface area contributed by atoms with Crippen LogP contribution in [0.1, 0.15) is 49.9 Å². The highest BCUT2D eigenvalue weighted by Gasteiger charge is 2.43. The molecule has 0 aliphatic heterocycles. The fraction of sp³-hybridized carbons (Fsp3) is 0.103. The van der Waals surface area contributed by atoms with Crippen molar-refractivity contribution in [1.82, 2.24) is 29.9 Å². The van der Waals surface area contributed by atoms with Crippen molar-refractivity contribution < 1.29 is 0 Å². The van der Waals surface area contributed by atoms with Crippen LogP contribution in [0.4, 0.5) is 0 Å². The molecule has 2 aliphatic rings. The van der Waals surface area contributed by atoms with E-state index in [2.05, 4.69) is 137 Å². The molecule has 2 aromatic heterocycles. The molecule has 64 heavy (non-hydrogen) atoms. The molecular formula is C58H42N6. The van der Waals surface area contributed by atoms with Gasteiger partial charge in [-0.15, -0.1) is 0 Å². The Morgan fingerprint density at radius 2 is 0.625 bits per heavy atom. The van der Waals surface area contributed by atoms with Gasteiger partial charge in [-0.1, -0.05) is 185 Å². The number of aromatic nitrogens is 6. The highest BCUT2D eigenvalue weighted by atomic mass is 15.0. The summed E-state index contributed by atoms with van der Waals surface area (Å²) in [7, 11) is 0. The first kappa shape index (κ1) is 37.8. The monoisotopic (exact) mass is 822 g/mol. The molecule has 0 atom stereocenters. The van der Waals surface area contributed by atoms with Gasteiger partial charge in [0.05, 0.1) is 0 Å². The van der Waals surface area contributed by atoms with Crippen LogP contribution in [-0.4, -0.2) is 29.9 Å². The van der Waals surface area contributed by atoms with Gasteiger partial charge in [0.1, 0.15) is 0 Å². The van der Waals surface area contributed by atoms with Crippen molar-refractivity contribution in [3.63, 3.8) is 0 Å². The minimum Gasteiger partial charge on any atom is -0.208 e. The molecule has 2 heterocycles. The molecule has 2 aliphatic carbocycles. The predicted molar refractivity (Wildman–Crippen MR) is 258 cm³/mol. The number of fused-ring (bicyclic) bond motifs is 8. The van der Waals surface area contributed by atoms with Gasteiger partial charge in [0.2, 0.25) is 0 Å². The molecule has 0 saturated carbocycles. The number of benzene rings is 8. The molecule has 6 heteroatoms. The Labute approximate surface area is 372 Å². The molecule has 0 saturated heterocycles. The zero-order valence-electron chi connectivity index (χ0n) is 36.0. The maximum Gasteiger partial charge on any atom is 0.164 e. The number of rotatable bonds is 6. The minimum atomic E-state index is -0.310. The molecule has 0 N–H and O–H groups in total. The topological polar surface area (TPSA) is 77.3 Å². The Hall–Kier alpha value is -7.96. The summed E-state index contributed by atoms with van der Waals surface area (Å²) in [4.78, 5) is 30.5. The third-order valence-electron chi connectivity index (χ3n) is 13.4. The Morgan fingerprint density at radius 3 is 1.12 bits per heavy atom. The van der Waals surface area contributed by atoms with Crippen LogP contribution in [0.5, 0.6) is 0 Å². The van der Waals surface area contributed by atoms with Gasteiger partial charge < -0.3 is 0 Å². The fourth-order valence-corrected chi connectivity index (χ4v) is 10.00. The van der Waals surface area contributed by atoms with Gasteiger partial charge in [0, 0.05) is 44.2 Å². The van der Waals surface area contributed by atoms with Crippen LogP contribution in [0.3, 0.4) is 0 Å². The van der Waals surface area contributed by atoms with E-state index in [1.165, 1.54) is 49.9 Å². The number of hydrogen-bond donors (Lipinski definition) is 0. The molecule has 304 valence electrons. The van der Waals surface area contributed by atoms with Gasteiger partial charge in [-0.3, -0.25) is 0 Å². The standard InChI is InChI=1S/C58H42N6/c1-57(2)46-31-39(55-61-51(35-19-9-5-10-20-35)59-52(62-55)36-21-11-6-12-22-36)29-30-41(46)43-32-48-45(34-47(43)57)50-42-28-18-17-27-40(42)44(33-49(50)58(48,3)4)56-63-53(37-23-13-7-14-24-37)60-54(64-56)38-25-15-8-16-26-38/h5-34H,1-4H3. The zero-order chi connectivity index (χ0) is 43.2. The molecule has 6 nitrogen and oxygen atoms in total. The highest BCUT2D eigenvalue weighted by Crippen LogP contribution is 2.58. The quantitative estimate of drug-likeness (QED) is 0.166.